The number of carbonyl (C=O) groups excluding carboxylic acids is 1. The van der Waals surface area contributed by atoms with Crippen LogP contribution in [0.5, 0.6) is 0 Å². The van der Waals surface area contributed by atoms with Crippen LogP contribution in [0.2, 0.25) is 0 Å². The second-order valence-corrected chi connectivity index (χ2v) is 4.10. The molecule has 3 nitrogen and oxygen atoms in total. The summed E-state index contributed by atoms with van der Waals surface area (Å²) < 4.78 is 5.20. The Balaban J connectivity index is 2.40. The predicted molar refractivity (Wildman–Crippen MR) is 67.7 cm³/mol. The Morgan fingerprint density at radius 3 is 2.62 bits per heavy atom. The van der Waals surface area contributed by atoms with Gasteiger partial charge in [0.1, 0.15) is 6.61 Å². The summed E-state index contributed by atoms with van der Waals surface area (Å²) in [6.45, 7) is 3.61. The van der Waals surface area contributed by atoms with Gasteiger partial charge >= 0.3 is 6.09 Å². The first-order chi connectivity index (χ1) is 7.77. The van der Waals surface area contributed by atoms with Gasteiger partial charge in [-0.1, -0.05) is 46.3 Å². The van der Waals surface area contributed by atoms with Crippen molar-refractivity contribution in [3.63, 3.8) is 0 Å². The molecule has 0 atom stereocenters. The number of hydrogen-bond acceptors (Lipinski definition) is 2. The standard InChI is InChI=1S/C12H16BrNO2/c1-2-14(9-8-13)12(15)16-10-11-6-4-3-5-7-11/h3-7H,2,8-10H2,1H3. The Morgan fingerprint density at radius 1 is 1.38 bits per heavy atom. The number of benzene rings is 1. The SMILES string of the molecule is CCN(CCBr)C(=O)OCc1ccccc1. The fourth-order valence-electron chi connectivity index (χ4n) is 1.29. The maximum atomic E-state index is 11.6. The molecule has 1 rings (SSSR count). The van der Waals surface area contributed by atoms with Gasteiger partial charge in [0, 0.05) is 18.4 Å². The van der Waals surface area contributed by atoms with Crippen molar-refractivity contribution in [2.75, 3.05) is 18.4 Å². The lowest BCUT2D eigenvalue weighted by Gasteiger charge is -2.19. The van der Waals surface area contributed by atoms with E-state index >= 15 is 0 Å². The fourth-order valence-corrected chi connectivity index (χ4v) is 1.72. The number of rotatable bonds is 5. The van der Waals surface area contributed by atoms with Crippen molar-refractivity contribution in [1.82, 2.24) is 4.90 Å². The fraction of sp³-hybridized carbons (Fsp3) is 0.417. The molecule has 0 aliphatic carbocycles. The van der Waals surface area contributed by atoms with Crippen molar-refractivity contribution >= 4 is 22.0 Å². The Morgan fingerprint density at radius 2 is 2.06 bits per heavy atom. The molecule has 0 aliphatic heterocycles. The molecule has 1 aromatic carbocycles. The van der Waals surface area contributed by atoms with Crippen LogP contribution in [0.4, 0.5) is 4.79 Å². The molecule has 1 aromatic rings. The highest BCUT2D eigenvalue weighted by Gasteiger charge is 2.11. The van der Waals surface area contributed by atoms with Crippen LogP contribution in [0.3, 0.4) is 0 Å². The van der Waals surface area contributed by atoms with E-state index in [0.29, 0.717) is 19.7 Å². The van der Waals surface area contributed by atoms with Crippen LogP contribution in [-0.2, 0) is 11.3 Å². The molecule has 0 bridgehead atoms. The van der Waals surface area contributed by atoms with Gasteiger partial charge in [-0.25, -0.2) is 4.79 Å². The van der Waals surface area contributed by atoms with Gasteiger partial charge in [-0.05, 0) is 12.5 Å². The molecule has 0 radical (unpaired) electrons. The highest BCUT2D eigenvalue weighted by atomic mass is 79.9. The first-order valence-corrected chi connectivity index (χ1v) is 6.41. The molecule has 0 aliphatic rings. The smallest absolute Gasteiger partial charge is 0.410 e. The van der Waals surface area contributed by atoms with Gasteiger partial charge in [0.2, 0.25) is 0 Å². The van der Waals surface area contributed by atoms with Crippen molar-refractivity contribution in [2.45, 2.75) is 13.5 Å². The largest absolute Gasteiger partial charge is 0.445 e. The predicted octanol–water partition coefficient (Wildman–Crippen LogP) is 3.04. The number of nitrogens with zero attached hydrogens (tertiary/aromatic N) is 1. The van der Waals surface area contributed by atoms with E-state index in [4.69, 9.17) is 4.74 Å². The lowest BCUT2D eigenvalue weighted by Crippen LogP contribution is -2.32. The van der Waals surface area contributed by atoms with Gasteiger partial charge < -0.3 is 9.64 Å². The van der Waals surface area contributed by atoms with Crippen LogP contribution in [0.15, 0.2) is 30.3 Å². The molecule has 0 unspecified atom stereocenters. The van der Waals surface area contributed by atoms with Crippen LogP contribution in [0, 0.1) is 0 Å². The molecule has 0 N–H and O–H groups in total. The Kier molecular flexibility index (Phi) is 5.93. The Bertz CT molecular complexity index is 316. The van der Waals surface area contributed by atoms with Crippen molar-refractivity contribution in [2.24, 2.45) is 0 Å². The first kappa shape index (κ1) is 13.0. The third-order valence-electron chi connectivity index (χ3n) is 2.20. The highest BCUT2D eigenvalue weighted by molar-refractivity contribution is 9.09. The van der Waals surface area contributed by atoms with Gasteiger partial charge in [-0.3, -0.25) is 0 Å². The minimum Gasteiger partial charge on any atom is -0.445 e. The van der Waals surface area contributed by atoms with E-state index in [1.165, 1.54) is 0 Å². The van der Waals surface area contributed by atoms with E-state index in [-0.39, 0.29) is 6.09 Å². The maximum Gasteiger partial charge on any atom is 0.410 e. The normalized spacial score (nSPS) is 9.88. The summed E-state index contributed by atoms with van der Waals surface area (Å²) in [5, 5.41) is 0.765. The van der Waals surface area contributed by atoms with Crippen LogP contribution in [0.25, 0.3) is 0 Å². The van der Waals surface area contributed by atoms with E-state index in [2.05, 4.69) is 15.9 Å². The molecule has 0 saturated heterocycles. The summed E-state index contributed by atoms with van der Waals surface area (Å²) in [6.07, 6.45) is -0.259. The number of hydrogen-bond donors (Lipinski definition) is 0. The van der Waals surface area contributed by atoms with Gasteiger partial charge in [-0.15, -0.1) is 0 Å². The van der Waals surface area contributed by atoms with Crippen LogP contribution >= 0.6 is 15.9 Å². The minimum absolute atomic E-state index is 0.259. The number of halogens is 1. The molecule has 4 heteroatoms. The second-order valence-electron chi connectivity index (χ2n) is 3.31. The molecular weight excluding hydrogens is 270 g/mol. The molecule has 88 valence electrons. The number of alkyl halides is 1. The van der Waals surface area contributed by atoms with Crippen LogP contribution in [-0.4, -0.2) is 29.4 Å². The maximum absolute atomic E-state index is 11.6. The highest BCUT2D eigenvalue weighted by Crippen LogP contribution is 2.03. The monoisotopic (exact) mass is 285 g/mol. The lowest BCUT2D eigenvalue weighted by molar-refractivity contribution is 0.100. The summed E-state index contributed by atoms with van der Waals surface area (Å²) in [7, 11) is 0. The van der Waals surface area contributed by atoms with Crippen molar-refractivity contribution < 1.29 is 9.53 Å². The Labute approximate surface area is 105 Å². The van der Waals surface area contributed by atoms with E-state index in [9.17, 15) is 4.79 Å². The van der Waals surface area contributed by atoms with Crippen molar-refractivity contribution in [1.29, 1.82) is 0 Å². The zero-order valence-corrected chi connectivity index (χ0v) is 10.9. The summed E-state index contributed by atoms with van der Waals surface area (Å²) >= 11 is 3.31. The molecule has 0 spiro atoms. The quantitative estimate of drug-likeness (QED) is 0.779. The molecule has 0 saturated carbocycles. The van der Waals surface area contributed by atoms with E-state index in [1.807, 2.05) is 37.3 Å². The molecule has 16 heavy (non-hydrogen) atoms. The van der Waals surface area contributed by atoms with E-state index in [1.54, 1.807) is 4.90 Å². The summed E-state index contributed by atoms with van der Waals surface area (Å²) in [5.41, 5.74) is 1.01. The zero-order valence-electron chi connectivity index (χ0n) is 9.36. The molecule has 0 fully saturated rings. The summed E-state index contributed by atoms with van der Waals surface area (Å²) in [5.74, 6) is 0. The van der Waals surface area contributed by atoms with Crippen molar-refractivity contribution in [3.05, 3.63) is 35.9 Å². The van der Waals surface area contributed by atoms with Crippen LogP contribution < -0.4 is 0 Å². The van der Waals surface area contributed by atoms with Crippen LogP contribution in [0.1, 0.15) is 12.5 Å². The van der Waals surface area contributed by atoms with Gasteiger partial charge in [-0.2, -0.15) is 0 Å². The minimum atomic E-state index is -0.259. The first-order valence-electron chi connectivity index (χ1n) is 5.29. The molecule has 1 amide bonds. The van der Waals surface area contributed by atoms with Gasteiger partial charge in [0.05, 0.1) is 0 Å². The number of amides is 1. The summed E-state index contributed by atoms with van der Waals surface area (Å²) in [6, 6.07) is 9.68. The van der Waals surface area contributed by atoms with Gasteiger partial charge in [0.25, 0.3) is 0 Å². The van der Waals surface area contributed by atoms with Gasteiger partial charge in [0.15, 0.2) is 0 Å². The molecule has 0 heterocycles. The van der Waals surface area contributed by atoms with Crippen molar-refractivity contribution in [3.8, 4) is 0 Å². The third-order valence-corrected chi connectivity index (χ3v) is 2.55. The molecule has 0 aromatic heterocycles. The number of ether oxygens (including phenoxy) is 1. The molecular formula is C12H16BrNO2. The van der Waals surface area contributed by atoms with E-state index < -0.39 is 0 Å². The zero-order chi connectivity index (χ0) is 11.8. The Hall–Kier alpha value is -1.03. The lowest BCUT2D eigenvalue weighted by atomic mass is 10.2. The second kappa shape index (κ2) is 7.28. The topological polar surface area (TPSA) is 29.5 Å². The number of carbonyl (C=O) groups is 1. The summed E-state index contributed by atoms with van der Waals surface area (Å²) in [4.78, 5) is 13.3. The average Bonchev–Trinajstić information content (AvgIpc) is 2.34. The van der Waals surface area contributed by atoms with E-state index in [0.717, 1.165) is 10.9 Å². The third kappa shape index (κ3) is 4.23. The average molecular weight is 286 g/mol.